The van der Waals surface area contributed by atoms with Crippen molar-refractivity contribution in [1.29, 1.82) is 0 Å². The highest BCUT2D eigenvalue weighted by molar-refractivity contribution is 5.95. The summed E-state index contributed by atoms with van der Waals surface area (Å²) in [5, 5.41) is 12.0. The van der Waals surface area contributed by atoms with Gasteiger partial charge in [0, 0.05) is 5.69 Å². The van der Waals surface area contributed by atoms with Crippen LogP contribution in [0.2, 0.25) is 0 Å². The Bertz CT molecular complexity index is 702. The summed E-state index contributed by atoms with van der Waals surface area (Å²) in [7, 11) is 0. The third-order valence-corrected chi connectivity index (χ3v) is 4.24. The summed E-state index contributed by atoms with van der Waals surface area (Å²) >= 11 is 0. The lowest BCUT2D eigenvalue weighted by atomic mass is 10.1. The minimum atomic E-state index is -0.943. The van der Waals surface area contributed by atoms with E-state index < -0.39 is 18.1 Å². The number of anilines is 1. The highest BCUT2D eigenvalue weighted by Crippen LogP contribution is 2.14. The lowest BCUT2D eigenvalue weighted by Crippen LogP contribution is -2.43. The van der Waals surface area contributed by atoms with Gasteiger partial charge in [0.1, 0.15) is 17.6 Å². The molecule has 0 bridgehead atoms. The summed E-state index contributed by atoms with van der Waals surface area (Å²) in [5.74, 6) is 0.0157. The lowest BCUT2D eigenvalue weighted by molar-refractivity contribution is -0.119. The van der Waals surface area contributed by atoms with Crippen LogP contribution in [0, 0.1) is 5.82 Å². The second-order valence-electron chi connectivity index (χ2n) is 6.57. The zero-order valence-corrected chi connectivity index (χ0v) is 15.5. The molecule has 2 aromatic carbocycles. The van der Waals surface area contributed by atoms with Gasteiger partial charge >= 0.3 is 0 Å². The number of carbonyl (C=O) groups excluding carboxylic acids is 1. The first-order valence-electron chi connectivity index (χ1n) is 9.17. The maximum atomic E-state index is 12.8. The molecule has 1 amide bonds. The maximum Gasteiger partial charge on any atom is 0.243 e. The molecule has 0 saturated heterocycles. The zero-order chi connectivity index (χ0) is 19.6. The van der Waals surface area contributed by atoms with Gasteiger partial charge in [0.2, 0.25) is 5.91 Å². The monoisotopic (exact) mass is 374 g/mol. The van der Waals surface area contributed by atoms with Crippen LogP contribution in [0.5, 0.6) is 5.75 Å². The third kappa shape index (κ3) is 7.37. The first-order valence-corrected chi connectivity index (χ1v) is 9.17. The molecular formula is C21H27FN2O3. The predicted molar refractivity (Wildman–Crippen MR) is 104 cm³/mol. The van der Waals surface area contributed by atoms with Crippen LogP contribution in [-0.2, 0) is 11.2 Å². The molecule has 0 fully saturated rings. The van der Waals surface area contributed by atoms with Crippen molar-refractivity contribution in [3.8, 4) is 5.75 Å². The van der Waals surface area contributed by atoms with Crippen molar-refractivity contribution in [3.05, 3.63) is 59.9 Å². The number of amides is 1. The van der Waals surface area contributed by atoms with Crippen LogP contribution >= 0.6 is 0 Å². The van der Waals surface area contributed by atoms with E-state index in [2.05, 4.69) is 5.32 Å². The van der Waals surface area contributed by atoms with E-state index in [1.807, 2.05) is 24.3 Å². The van der Waals surface area contributed by atoms with Gasteiger partial charge in [-0.3, -0.25) is 4.79 Å². The van der Waals surface area contributed by atoms with Gasteiger partial charge in [-0.2, -0.15) is 0 Å². The number of hydrogen-bond acceptors (Lipinski definition) is 4. The Hall–Kier alpha value is -2.44. The standard InChI is InChI=1S/C21H27FN2O3/c1-15(25)20(23)21(26)24-18-10-6-16(7-11-18)5-3-2-4-14-27-19-12-8-17(22)9-13-19/h6-13,15,20,25H,2-5,14,23H2,1H3,(H,24,26)/t15-,20+/m1/s1. The molecule has 4 N–H and O–H groups in total. The lowest BCUT2D eigenvalue weighted by Gasteiger charge is -2.14. The van der Waals surface area contributed by atoms with Crippen LogP contribution < -0.4 is 15.8 Å². The van der Waals surface area contributed by atoms with Gasteiger partial charge in [0.15, 0.2) is 0 Å². The van der Waals surface area contributed by atoms with E-state index in [0.717, 1.165) is 25.7 Å². The Kier molecular flexibility index (Phi) is 8.23. The van der Waals surface area contributed by atoms with Crippen molar-refractivity contribution in [3.63, 3.8) is 0 Å². The van der Waals surface area contributed by atoms with Gasteiger partial charge in [-0.1, -0.05) is 12.1 Å². The molecule has 0 aliphatic rings. The van der Waals surface area contributed by atoms with Crippen molar-refractivity contribution in [1.82, 2.24) is 0 Å². The van der Waals surface area contributed by atoms with E-state index in [4.69, 9.17) is 10.5 Å². The van der Waals surface area contributed by atoms with Gasteiger partial charge in [-0.05, 0) is 74.6 Å². The fourth-order valence-electron chi connectivity index (χ4n) is 2.53. The Balaban J connectivity index is 1.63. The quantitative estimate of drug-likeness (QED) is 0.557. The van der Waals surface area contributed by atoms with Crippen molar-refractivity contribution in [2.24, 2.45) is 5.73 Å². The Morgan fingerprint density at radius 2 is 1.78 bits per heavy atom. The molecule has 0 spiro atoms. The number of nitrogens with two attached hydrogens (primary N) is 1. The van der Waals surface area contributed by atoms with Crippen molar-refractivity contribution in [2.45, 2.75) is 44.8 Å². The van der Waals surface area contributed by atoms with Gasteiger partial charge in [-0.25, -0.2) is 4.39 Å². The number of aliphatic hydroxyl groups excluding tert-OH is 1. The molecule has 0 saturated carbocycles. The van der Waals surface area contributed by atoms with Crippen molar-refractivity contribution < 1.29 is 19.0 Å². The second-order valence-corrected chi connectivity index (χ2v) is 6.57. The third-order valence-electron chi connectivity index (χ3n) is 4.24. The second kappa shape index (κ2) is 10.6. The zero-order valence-electron chi connectivity index (χ0n) is 15.5. The number of ether oxygens (including phenoxy) is 1. The number of rotatable bonds is 10. The van der Waals surface area contributed by atoms with E-state index in [-0.39, 0.29) is 5.82 Å². The van der Waals surface area contributed by atoms with Crippen molar-refractivity contribution in [2.75, 3.05) is 11.9 Å². The van der Waals surface area contributed by atoms with E-state index in [0.29, 0.717) is 18.0 Å². The summed E-state index contributed by atoms with van der Waals surface area (Å²) in [6, 6.07) is 12.7. The summed E-state index contributed by atoms with van der Waals surface area (Å²) in [6.45, 7) is 2.10. The first kappa shape index (κ1) is 20.9. The molecule has 2 rings (SSSR count). The molecule has 0 aliphatic carbocycles. The molecule has 146 valence electrons. The number of carbonyl (C=O) groups is 1. The minimum Gasteiger partial charge on any atom is -0.494 e. The van der Waals surface area contributed by atoms with Crippen molar-refractivity contribution >= 4 is 11.6 Å². The van der Waals surface area contributed by atoms with E-state index in [9.17, 15) is 14.3 Å². The number of nitrogens with one attached hydrogen (secondary N) is 1. The first-order chi connectivity index (χ1) is 13.0. The van der Waals surface area contributed by atoms with Crippen LogP contribution in [0.25, 0.3) is 0 Å². The van der Waals surface area contributed by atoms with E-state index in [1.54, 1.807) is 12.1 Å². The fourth-order valence-corrected chi connectivity index (χ4v) is 2.53. The van der Waals surface area contributed by atoms with Gasteiger partial charge in [-0.15, -0.1) is 0 Å². The number of aryl methyl sites for hydroxylation is 1. The summed E-state index contributed by atoms with van der Waals surface area (Å²) in [5.41, 5.74) is 7.45. The van der Waals surface area contributed by atoms with E-state index in [1.165, 1.54) is 24.6 Å². The summed E-state index contributed by atoms with van der Waals surface area (Å²) in [6.07, 6.45) is 3.05. The molecule has 0 unspecified atom stereocenters. The van der Waals surface area contributed by atoms with Crippen LogP contribution in [0.1, 0.15) is 31.7 Å². The van der Waals surface area contributed by atoms with Crippen LogP contribution in [0.4, 0.5) is 10.1 Å². The highest BCUT2D eigenvalue weighted by Gasteiger charge is 2.18. The molecule has 0 radical (unpaired) electrons. The molecule has 5 nitrogen and oxygen atoms in total. The largest absolute Gasteiger partial charge is 0.494 e. The number of unbranched alkanes of at least 4 members (excludes halogenated alkanes) is 2. The van der Waals surface area contributed by atoms with Gasteiger partial charge in [0.05, 0.1) is 12.7 Å². The average Bonchev–Trinajstić information content (AvgIpc) is 2.66. The SMILES string of the molecule is C[C@@H](O)[C@H](N)C(=O)Nc1ccc(CCCCCOc2ccc(F)cc2)cc1. The number of benzene rings is 2. The molecule has 2 atom stereocenters. The normalized spacial score (nSPS) is 13.0. The Morgan fingerprint density at radius 3 is 2.41 bits per heavy atom. The maximum absolute atomic E-state index is 12.8. The number of hydrogen-bond donors (Lipinski definition) is 3. The summed E-state index contributed by atoms with van der Waals surface area (Å²) in [4.78, 5) is 11.8. The molecule has 0 aromatic heterocycles. The topological polar surface area (TPSA) is 84.6 Å². The van der Waals surface area contributed by atoms with Crippen LogP contribution in [-0.4, -0.2) is 29.8 Å². The smallest absolute Gasteiger partial charge is 0.243 e. The molecular weight excluding hydrogens is 347 g/mol. The van der Waals surface area contributed by atoms with Crippen LogP contribution in [0.3, 0.4) is 0 Å². The number of halogens is 1. The Morgan fingerprint density at radius 1 is 1.11 bits per heavy atom. The number of aliphatic hydroxyl groups is 1. The van der Waals surface area contributed by atoms with Crippen LogP contribution in [0.15, 0.2) is 48.5 Å². The summed E-state index contributed by atoms with van der Waals surface area (Å²) < 4.78 is 18.4. The Labute approximate surface area is 159 Å². The molecule has 0 aliphatic heterocycles. The fraction of sp³-hybridized carbons (Fsp3) is 0.381. The molecule has 0 heterocycles. The van der Waals surface area contributed by atoms with E-state index >= 15 is 0 Å². The predicted octanol–water partition coefficient (Wildman–Crippen LogP) is 3.26. The highest BCUT2D eigenvalue weighted by atomic mass is 19.1. The minimum absolute atomic E-state index is 0.265. The molecule has 27 heavy (non-hydrogen) atoms. The molecule has 6 heteroatoms. The van der Waals surface area contributed by atoms with Gasteiger partial charge < -0.3 is 20.9 Å². The van der Waals surface area contributed by atoms with Gasteiger partial charge in [0.25, 0.3) is 0 Å². The molecule has 2 aromatic rings. The average molecular weight is 374 g/mol.